The monoisotopic (exact) mass is 1950 g/mol. The largest absolute Gasteiger partial charge is 0.315 e. The molecule has 0 aliphatic heterocycles. The Hall–Kier alpha value is -8.38. The van der Waals surface area contributed by atoms with Crippen LogP contribution in [0.25, 0.3) is 96.2 Å². The van der Waals surface area contributed by atoms with E-state index in [4.69, 9.17) is 35.5 Å². The average Bonchev–Trinajstić information content (AvgIpc) is 1.67. The molecule has 0 aliphatic rings. The van der Waals surface area contributed by atoms with Gasteiger partial charge in [-0.25, -0.2) is 0 Å². The van der Waals surface area contributed by atoms with E-state index in [1.807, 2.05) is 24.7 Å². The summed E-state index contributed by atoms with van der Waals surface area (Å²) in [7, 11) is 0. The molecule has 3 radical (unpaired) electrons. The Labute approximate surface area is 677 Å². The van der Waals surface area contributed by atoms with Crippen LogP contribution in [0, 0.1) is 66.7 Å². The number of benzene rings is 7. The van der Waals surface area contributed by atoms with Crippen molar-refractivity contribution < 1.29 is 60.3 Å². The molecule has 561 valence electrons. The number of aromatic nitrogens is 12. The van der Waals surface area contributed by atoms with Crippen LogP contribution in [0.15, 0.2) is 164 Å². The van der Waals surface area contributed by atoms with Crippen molar-refractivity contribution >= 4 is 10.8 Å². The molecule has 12 nitrogen and oxygen atoms in total. The first-order chi connectivity index (χ1) is 49.2. The molecule has 6 heterocycles. The third-order valence-electron chi connectivity index (χ3n) is 19.4. The molecule has 13 rings (SSSR count). The molecule has 0 atom stereocenters. The number of rotatable bonds is 13. The zero-order valence-corrected chi connectivity index (χ0v) is 73.9. The molecule has 0 unspecified atom stereocenters. The molecule has 0 aliphatic carbocycles. The molecule has 0 spiro atoms. The molecule has 13 aromatic rings. The Morgan fingerprint density at radius 1 is 0.402 bits per heavy atom. The summed E-state index contributed by atoms with van der Waals surface area (Å²) in [4.78, 5) is 14.3. The Morgan fingerprint density at radius 3 is 1.50 bits per heavy atom. The van der Waals surface area contributed by atoms with E-state index in [1.54, 1.807) is 0 Å². The van der Waals surface area contributed by atoms with E-state index in [0.29, 0.717) is 17.8 Å². The minimum absolute atomic E-state index is 0. The minimum atomic E-state index is -0.0158. The predicted octanol–water partition coefficient (Wildman–Crippen LogP) is 23.1. The van der Waals surface area contributed by atoms with Gasteiger partial charge in [0.2, 0.25) is 0 Å². The fraction of sp³-hybridized carbons (Fsp3) is 0.337. The van der Waals surface area contributed by atoms with E-state index in [0.717, 1.165) is 119 Å². The van der Waals surface area contributed by atoms with Crippen LogP contribution in [-0.4, -0.2) is 59.2 Å². The van der Waals surface area contributed by atoms with E-state index in [9.17, 15) is 0 Å². The van der Waals surface area contributed by atoms with Crippen molar-refractivity contribution in [2.24, 2.45) is 0 Å². The number of nitrogens with zero attached hydrogens (tertiary/aromatic N) is 12. The molecular weight excluding hydrogens is 1850 g/mol. The van der Waals surface area contributed by atoms with Gasteiger partial charge in [0.15, 0.2) is 17.5 Å². The SMILES string of the molecule is CC(C)c1ccnc(C(C)C)c1-n1c(-c2ccc(C(C)(C)C)cc2)nnc1-c1[c-]ccc2ccccc12.Cc1[c-]c(-c2nnc(-c3c(C(C)C)cccc3C(C)C)n2-c2c(C)ccnc2C)cc(C)c1.Cc1cc(C)c(-c2nnc(-c3[c-]cc(C(C)(C)C)cc3)n2-c2ccc(C(C)(C)C)nc2)c(C)c1.[Ir].[Ir].[Ir]. The zero-order valence-electron chi connectivity index (χ0n) is 66.8. The van der Waals surface area contributed by atoms with E-state index in [-0.39, 0.29) is 82.5 Å². The maximum atomic E-state index is 4.87. The standard InChI is InChI=1S/C33H35N4.C30H35N4.C29H33N4.3Ir/c1-21(2)26-19-20-34-29(22(3)4)30(26)37-31(24-15-17-25(18-16-24)33(5,6)7)35-36-32(37)28-14-10-12-23-11-8-9-13-27(23)28;1-19-16-20(2)26(21(3)17-19)28-33-32-27(22-10-12-23(13-11-22)29(4,5)6)34(28)24-14-15-25(31-18-24)30(7,8)9;1-17(2)24-10-9-11-25(18(3)4)26(24)29-32-31-28(23-15-19(5)14-20(6)16-23)33(29)27-21(7)12-13-30-22(27)8;;;/h8-13,15-22H,1-7H3;10,12-18H,1-9H3;9-15,17-18H,1-8H3;;;/q3*-1;;;. The van der Waals surface area contributed by atoms with E-state index in [1.165, 1.54) is 55.6 Å². The van der Waals surface area contributed by atoms with Crippen LogP contribution in [0.4, 0.5) is 0 Å². The molecule has 107 heavy (non-hydrogen) atoms. The molecule has 0 saturated heterocycles. The smallest absolute Gasteiger partial charge is 0.160 e. The zero-order chi connectivity index (χ0) is 75.0. The van der Waals surface area contributed by atoms with Crippen molar-refractivity contribution in [2.45, 2.75) is 206 Å². The Balaban J connectivity index is 0.000000200. The number of hydrogen-bond donors (Lipinski definition) is 0. The summed E-state index contributed by atoms with van der Waals surface area (Å²) in [5.74, 6) is 6.09. The number of fused-ring (bicyclic) bond motifs is 1. The predicted molar refractivity (Wildman–Crippen MR) is 430 cm³/mol. The molecule has 15 heteroatoms. The van der Waals surface area contributed by atoms with Crippen molar-refractivity contribution in [2.75, 3.05) is 0 Å². The first-order valence-corrected chi connectivity index (χ1v) is 36.7. The van der Waals surface area contributed by atoms with Crippen LogP contribution >= 0.6 is 0 Å². The second-order valence-corrected chi connectivity index (χ2v) is 32.4. The maximum absolute atomic E-state index is 4.87. The summed E-state index contributed by atoms with van der Waals surface area (Å²) in [6, 6.07) is 61.7. The van der Waals surface area contributed by atoms with Crippen molar-refractivity contribution in [3.05, 3.63) is 261 Å². The van der Waals surface area contributed by atoms with Crippen LogP contribution in [0.3, 0.4) is 0 Å². The topological polar surface area (TPSA) is 131 Å². The van der Waals surface area contributed by atoms with Crippen molar-refractivity contribution in [3.8, 4) is 85.4 Å². The van der Waals surface area contributed by atoms with Crippen LogP contribution in [0.2, 0.25) is 0 Å². The first-order valence-electron chi connectivity index (χ1n) is 36.7. The summed E-state index contributed by atoms with van der Waals surface area (Å²) in [5.41, 5.74) is 25.7. The van der Waals surface area contributed by atoms with Gasteiger partial charge in [-0.3, -0.25) is 15.0 Å². The molecule has 0 fully saturated rings. The quantitative estimate of drug-likeness (QED) is 0.104. The van der Waals surface area contributed by atoms with Gasteiger partial charge >= 0.3 is 0 Å². The normalized spacial score (nSPS) is 11.7. The van der Waals surface area contributed by atoms with Gasteiger partial charge < -0.3 is 13.7 Å². The first kappa shape index (κ1) is 84.2. The van der Waals surface area contributed by atoms with Crippen LogP contribution < -0.4 is 0 Å². The Bertz CT molecular complexity index is 5110. The van der Waals surface area contributed by atoms with Gasteiger partial charge in [0.05, 0.1) is 52.1 Å². The average molecular weight is 1950 g/mol. The second kappa shape index (κ2) is 34.5. The minimum Gasteiger partial charge on any atom is -0.315 e. The van der Waals surface area contributed by atoms with Crippen LogP contribution in [0.1, 0.15) is 220 Å². The van der Waals surface area contributed by atoms with Gasteiger partial charge in [-0.1, -0.05) is 227 Å². The van der Waals surface area contributed by atoms with Crippen LogP contribution in [0.5, 0.6) is 0 Å². The fourth-order valence-corrected chi connectivity index (χ4v) is 14.0. The van der Waals surface area contributed by atoms with Gasteiger partial charge in [0.1, 0.15) is 0 Å². The van der Waals surface area contributed by atoms with E-state index >= 15 is 0 Å². The maximum Gasteiger partial charge on any atom is 0.160 e. The van der Waals surface area contributed by atoms with E-state index in [2.05, 4.69) is 348 Å². The van der Waals surface area contributed by atoms with E-state index < -0.39 is 0 Å². The van der Waals surface area contributed by atoms with Crippen molar-refractivity contribution in [1.29, 1.82) is 0 Å². The van der Waals surface area contributed by atoms with Crippen LogP contribution in [-0.2, 0) is 76.6 Å². The number of aryl methyl sites for hydroxylation is 7. The molecule has 0 N–H and O–H groups in total. The Kier molecular flexibility index (Phi) is 27.1. The van der Waals surface area contributed by atoms with Gasteiger partial charge in [0, 0.05) is 101 Å². The summed E-state index contributed by atoms with van der Waals surface area (Å²) in [6.07, 6.45) is 5.72. The fourth-order valence-electron chi connectivity index (χ4n) is 14.0. The third kappa shape index (κ3) is 18.2. The molecule has 7 aromatic carbocycles. The van der Waals surface area contributed by atoms with Gasteiger partial charge in [-0.05, 0) is 132 Å². The molecule has 0 amide bonds. The summed E-state index contributed by atoms with van der Waals surface area (Å²) < 4.78 is 6.55. The second-order valence-electron chi connectivity index (χ2n) is 32.4. The number of pyridine rings is 3. The molecule has 0 bridgehead atoms. The van der Waals surface area contributed by atoms with Gasteiger partial charge in [-0.15, -0.1) is 109 Å². The van der Waals surface area contributed by atoms with Crippen molar-refractivity contribution in [1.82, 2.24) is 59.2 Å². The molecule has 6 aromatic heterocycles. The summed E-state index contributed by atoms with van der Waals surface area (Å²) >= 11 is 0. The summed E-state index contributed by atoms with van der Waals surface area (Å²) in [6.45, 7) is 52.4. The molecule has 0 saturated carbocycles. The molecular formula is C92H103Ir3N12-3. The van der Waals surface area contributed by atoms with Gasteiger partial charge in [-0.2, -0.15) is 15.3 Å². The third-order valence-corrected chi connectivity index (χ3v) is 19.4. The van der Waals surface area contributed by atoms with Gasteiger partial charge in [0.25, 0.3) is 0 Å². The van der Waals surface area contributed by atoms with Crippen molar-refractivity contribution in [3.63, 3.8) is 0 Å². The summed E-state index contributed by atoms with van der Waals surface area (Å²) in [5, 5.41) is 30.8. The Morgan fingerprint density at radius 2 is 0.953 bits per heavy atom. The number of hydrogen-bond acceptors (Lipinski definition) is 9.